The SMILES string of the molecule is Cc1ccc(Oc2ccccc2N)c(Oc2ccccc2N)c1C. The van der Waals surface area contributed by atoms with Gasteiger partial charge in [-0.25, -0.2) is 0 Å². The van der Waals surface area contributed by atoms with E-state index in [2.05, 4.69) is 0 Å². The zero-order chi connectivity index (χ0) is 17.1. The second kappa shape index (κ2) is 6.54. The van der Waals surface area contributed by atoms with Crippen LogP contribution in [0.2, 0.25) is 0 Å². The number of hydrogen-bond donors (Lipinski definition) is 2. The molecular formula is C20H20N2O2. The summed E-state index contributed by atoms with van der Waals surface area (Å²) in [5, 5.41) is 0. The molecule has 24 heavy (non-hydrogen) atoms. The van der Waals surface area contributed by atoms with Crippen LogP contribution in [0.15, 0.2) is 60.7 Å². The van der Waals surface area contributed by atoms with E-state index in [1.807, 2.05) is 62.4 Å². The minimum atomic E-state index is 0.570. The number of nitrogen functional groups attached to an aromatic ring is 2. The average molecular weight is 320 g/mol. The summed E-state index contributed by atoms with van der Waals surface area (Å²) in [4.78, 5) is 0. The first-order valence-electron chi connectivity index (χ1n) is 7.71. The Balaban J connectivity index is 2.03. The van der Waals surface area contributed by atoms with Crippen molar-refractivity contribution in [2.75, 3.05) is 11.5 Å². The van der Waals surface area contributed by atoms with Crippen molar-refractivity contribution in [1.82, 2.24) is 0 Å². The third kappa shape index (κ3) is 3.13. The van der Waals surface area contributed by atoms with Crippen molar-refractivity contribution < 1.29 is 9.47 Å². The molecule has 0 spiro atoms. The molecule has 4 N–H and O–H groups in total. The molecule has 4 nitrogen and oxygen atoms in total. The van der Waals surface area contributed by atoms with Gasteiger partial charge in [0.2, 0.25) is 0 Å². The van der Waals surface area contributed by atoms with Crippen LogP contribution >= 0.6 is 0 Å². The maximum Gasteiger partial charge on any atom is 0.173 e. The molecule has 0 unspecified atom stereocenters. The van der Waals surface area contributed by atoms with Gasteiger partial charge in [-0.1, -0.05) is 30.3 Å². The molecule has 0 atom stereocenters. The highest BCUT2D eigenvalue weighted by Gasteiger charge is 2.15. The largest absolute Gasteiger partial charge is 0.451 e. The van der Waals surface area contributed by atoms with Gasteiger partial charge in [-0.2, -0.15) is 0 Å². The zero-order valence-electron chi connectivity index (χ0n) is 13.7. The van der Waals surface area contributed by atoms with Gasteiger partial charge in [0, 0.05) is 0 Å². The first-order chi connectivity index (χ1) is 11.6. The van der Waals surface area contributed by atoms with Crippen LogP contribution in [0.25, 0.3) is 0 Å². The van der Waals surface area contributed by atoms with Gasteiger partial charge >= 0.3 is 0 Å². The lowest BCUT2D eigenvalue weighted by Gasteiger charge is -2.17. The monoisotopic (exact) mass is 320 g/mol. The number of para-hydroxylation sites is 4. The molecule has 0 aromatic heterocycles. The number of rotatable bonds is 4. The van der Waals surface area contributed by atoms with Crippen LogP contribution in [-0.4, -0.2) is 0 Å². The van der Waals surface area contributed by atoms with Crippen molar-refractivity contribution in [1.29, 1.82) is 0 Å². The van der Waals surface area contributed by atoms with Crippen LogP contribution in [0.4, 0.5) is 11.4 Å². The molecular weight excluding hydrogens is 300 g/mol. The quantitative estimate of drug-likeness (QED) is 0.660. The van der Waals surface area contributed by atoms with Crippen molar-refractivity contribution in [3.05, 3.63) is 71.8 Å². The molecule has 4 heteroatoms. The van der Waals surface area contributed by atoms with Crippen molar-refractivity contribution in [3.8, 4) is 23.0 Å². The lowest BCUT2D eigenvalue weighted by molar-refractivity contribution is 0.418. The zero-order valence-corrected chi connectivity index (χ0v) is 13.7. The molecule has 0 fully saturated rings. The van der Waals surface area contributed by atoms with Crippen LogP contribution < -0.4 is 20.9 Å². The van der Waals surface area contributed by atoms with Gasteiger partial charge < -0.3 is 20.9 Å². The lowest BCUT2D eigenvalue weighted by Crippen LogP contribution is -1.98. The van der Waals surface area contributed by atoms with Gasteiger partial charge in [0.15, 0.2) is 23.0 Å². The smallest absolute Gasteiger partial charge is 0.173 e. The highest BCUT2D eigenvalue weighted by molar-refractivity contribution is 5.60. The Hall–Kier alpha value is -3.14. The fourth-order valence-electron chi connectivity index (χ4n) is 2.35. The molecule has 0 saturated carbocycles. The molecule has 0 bridgehead atoms. The minimum absolute atomic E-state index is 0.570. The Labute approximate surface area is 141 Å². The Morgan fingerprint density at radius 3 is 1.75 bits per heavy atom. The average Bonchev–Trinajstić information content (AvgIpc) is 2.58. The Kier molecular flexibility index (Phi) is 4.29. The molecule has 0 saturated heterocycles. The second-order valence-electron chi connectivity index (χ2n) is 5.61. The van der Waals surface area contributed by atoms with E-state index in [0.29, 0.717) is 34.4 Å². The summed E-state index contributed by atoms with van der Waals surface area (Å²) in [5.74, 6) is 2.42. The summed E-state index contributed by atoms with van der Waals surface area (Å²) in [6, 6.07) is 18.6. The Morgan fingerprint density at radius 1 is 0.625 bits per heavy atom. The molecule has 0 aliphatic rings. The van der Waals surface area contributed by atoms with Gasteiger partial charge in [-0.3, -0.25) is 0 Å². The van der Waals surface area contributed by atoms with E-state index in [1.165, 1.54) is 0 Å². The molecule has 122 valence electrons. The topological polar surface area (TPSA) is 70.5 Å². The first kappa shape index (κ1) is 15.7. The van der Waals surface area contributed by atoms with Gasteiger partial charge in [0.1, 0.15) is 0 Å². The van der Waals surface area contributed by atoms with E-state index in [9.17, 15) is 0 Å². The molecule has 0 radical (unpaired) electrons. The van der Waals surface area contributed by atoms with E-state index in [0.717, 1.165) is 11.1 Å². The summed E-state index contributed by atoms with van der Waals surface area (Å²) >= 11 is 0. The van der Waals surface area contributed by atoms with Crippen molar-refractivity contribution in [3.63, 3.8) is 0 Å². The van der Waals surface area contributed by atoms with E-state index in [4.69, 9.17) is 20.9 Å². The van der Waals surface area contributed by atoms with Crippen molar-refractivity contribution in [2.45, 2.75) is 13.8 Å². The van der Waals surface area contributed by atoms with Crippen LogP contribution in [0.5, 0.6) is 23.0 Å². The van der Waals surface area contributed by atoms with Crippen LogP contribution in [0.1, 0.15) is 11.1 Å². The van der Waals surface area contributed by atoms with E-state index >= 15 is 0 Å². The number of ether oxygens (including phenoxy) is 2. The van der Waals surface area contributed by atoms with E-state index in [-0.39, 0.29) is 0 Å². The van der Waals surface area contributed by atoms with Gasteiger partial charge in [0.05, 0.1) is 11.4 Å². The number of anilines is 2. The number of nitrogens with two attached hydrogens (primary N) is 2. The standard InChI is InChI=1S/C20H20N2O2/c1-13-11-12-19(23-17-9-5-3-7-15(17)21)20(14(13)2)24-18-10-6-4-8-16(18)22/h3-12H,21-22H2,1-2H3. The summed E-state index contributed by atoms with van der Waals surface area (Å²) in [6.07, 6.45) is 0. The lowest BCUT2D eigenvalue weighted by atomic mass is 10.1. The fraction of sp³-hybridized carbons (Fsp3) is 0.100. The maximum atomic E-state index is 6.07. The molecule has 0 amide bonds. The summed E-state index contributed by atoms with van der Waals surface area (Å²) in [7, 11) is 0. The van der Waals surface area contributed by atoms with Crippen molar-refractivity contribution >= 4 is 11.4 Å². The Morgan fingerprint density at radius 2 is 1.17 bits per heavy atom. The second-order valence-corrected chi connectivity index (χ2v) is 5.61. The van der Waals surface area contributed by atoms with E-state index in [1.54, 1.807) is 12.1 Å². The predicted molar refractivity (Wildman–Crippen MR) is 97.8 cm³/mol. The predicted octanol–water partition coefficient (Wildman–Crippen LogP) is 5.05. The fourth-order valence-corrected chi connectivity index (χ4v) is 2.35. The molecule has 3 aromatic rings. The summed E-state index contributed by atoms with van der Waals surface area (Å²) < 4.78 is 12.1. The summed E-state index contributed by atoms with van der Waals surface area (Å²) in [5.41, 5.74) is 15.2. The highest BCUT2D eigenvalue weighted by Crippen LogP contribution is 2.41. The molecule has 0 aliphatic heterocycles. The number of benzene rings is 3. The number of hydrogen-bond acceptors (Lipinski definition) is 4. The van der Waals surface area contributed by atoms with Gasteiger partial charge in [0.25, 0.3) is 0 Å². The van der Waals surface area contributed by atoms with E-state index < -0.39 is 0 Å². The van der Waals surface area contributed by atoms with Crippen molar-refractivity contribution in [2.24, 2.45) is 0 Å². The molecule has 0 aliphatic carbocycles. The minimum Gasteiger partial charge on any atom is -0.451 e. The third-order valence-electron chi connectivity index (χ3n) is 3.91. The highest BCUT2D eigenvalue weighted by atomic mass is 16.5. The number of aryl methyl sites for hydroxylation is 1. The molecule has 0 heterocycles. The normalized spacial score (nSPS) is 10.4. The van der Waals surface area contributed by atoms with Crippen LogP contribution in [0.3, 0.4) is 0 Å². The Bertz CT molecular complexity index is 875. The van der Waals surface area contributed by atoms with Crippen LogP contribution in [-0.2, 0) is 0 Å². The molecule has 3 rings (SSSR count). The van der Waals surface area contributed by atoms with Gasteiger partial charge in [-0.15, -0.1) is 0 Å². The first-order valence-corrected chi connectivity index (χ1v) is 7.71. The maximum absolute atomic E-state index is 6.07. The van der Waals surface area contributed by atoms with Gasteiger partial charge in [-0.05, 0) is 55.3 Å². The third-order valence-corrected chi connectivity index (χ3v) is 3.91. The summed E-state index contributed by atoms with van der Waals surface area (Å²) in [6.45, 7) is 4.02. The van der Waals surface area contributed by atoms with Crippen LogP contribution in [0, 0.1) is 13.8 Å². The molecule has 3 aromatic carbocycles.